The first kappa shape index (κ1) is 21.7. The number of benzene rings is 2. The molecule has 0 unspecified atom stereocenters. The number of morpholine rings is 1. The number of aryl methyl sites for hydroxylation is 1. The maximum Gasteiger partial charge on any atom is 0.218 e. The maximum atomic E-state index is 13.5. The number of fused-ring (bicyclic) bond motifs is 1. The fraction of sp³-hybridized carbons (Fsp3) is 0.400. The Kier molecular flexibility index (Phi) is 7.46. The number of hydrogen-bond acceptors (Lipinski definition) is 5. The van der Waals surface area contributed by atoms with Crippen molar-refractivity contribution in [3.63, 3.8) is 0 Å². The molecule has 0 atom stereocenters. The summed E-state index contributed by atoms with van der Waals surface area (Å²) in [5.41, 5.74) is 3.90. The molecule has 0 saturated carbocycles. The Morgan fingerprint density at radius 2 is 2.00 bits per heavy atom. The summed E-state index contributed by atoms with van der Waals surface area (Å²) in [5.74, 6) is 0.339. The van der Waals surface area contributed by atoms with Gasteiger partial charge in [-0.1, -0.05) is 23.8 Å². The van der Waals surface area contributed by atoms with E-state index in [9.17, 15) is 4.39 Å². The zero-order valence-electron chi connectivity index (χ0n) is 18.1. The van der Waals surface area contributed by atoms with E-state index in [-0.39, 0.29) is 12.4 Å². The van der Waals surface area contributed by atoms with E-state index in [1.165, 1.54) is 17.7 Å². The van der Waals surface area contributed by atoms with E-state index in [4.69, 9.17) is 14.5 Å². The van der Waals surface area contributed by atoms with E-state index in [2.05, 4.69) is 35.3 Å². The molecule has 31 heavy (non-hydrogen) atoms. The third-order valence-corrected chi connectivity index (χ3v) is 5.52. The highest BCUT2D eigenvalue weighted by atomic mass is 19.1. The van der Waals surface area contributed by atoms with Gasteiger partial charge in [0.1, 0.15) is 12.4 Å². The summed E-state index contributed by atoms with van der Waals surface area (Å²) >= 11 is 0. The van der Waals surface area contributed by atoms with Crippen molar-refractivity contribution in [2.45, 2.75) is 26.5 Å². The monoisotopic (exact) mass is 423 g/mol. The molecule has 0 radical (unpaired) electrons. The predicted molar refractivity (Wildman–Crippen MR) is 121 cm³/mol. The molecule has 0 spiro atoms. The summed E-state index contributed by atoms with van der Waals surface area (Å²) in [4.78, 5) is 7.19. The van der Waals surface area contributed by atoms with Gasteiger partial charge in [-0.25, -0.2) is 9.37 Å². The molecule has 0 amide bonds. The Bertz CT molecular complexity index is 1010. The molecule has 0 aliphatic carbocycles. The van der Waals surface area contributed by atoms with Crippen molar-refractivity contribution < 1.29 is 13.9 Å². The van der Waals surface area contributed by atoms with Crippen LogP contribution < -0.4 is 10.1 Å². The lowest BCUT2D eigenvalue weighted by atomic mass is 10.1. The second-order valence-corrected chi connectivity index (χ2v) is 8.05. The number of pyridine rings is 1. The molecule has 4 rings (SSSR count). The molecular formula is C25H30FN3O2. The molecule has 1 N–H and O–H groups in total. The van der Waals surface area contributed by atoms with Gasteiger partial charge in [0.25, 0.3) is 0 Å². The molecule has 5 nitrogen and oxygen atoms in total. The van der Waals surface area contributed by atoms with E-state index in [1.807, 2.05) is 12.1 Å². The van der Waals surface area contributed by atoms with Crippen molar-refractivity contribution in [1.82, 2.24) is 15.2 Å². The third kappa shape index (κ3) is 6.23. The van der Waals surface area contributed by atoms with Crippen molar-refractivity contribution in [2.75, 3.05) is 39.4 Å². The van der Waals surface area contributed by atoms with E-state index in [0.717, 1.165) is 67.8 Å². The van der Waals surface area contributed by atoms with Crippen molar-refractivity contribution in [1.29, 1.82) is 0 Å². The fourth-order valence-electron chi connectivity index (χ4n) is 3.83. The van der Waals surface area contributed by atoms with Gasteiger partial charge in [0, 0.05) is 30.6 Å². The van der Waals surface area contributed by atoms with Crippen LogP contribution >= 0.6 is 0 Å². The Balaban J connectivity index is 1.40. The van der Waals surface area contributed by atoms with E-state index in [1.54, 1.807) is 6.07 Å². The van der Waals surface area contributed by atoms with Crippen molar-refractivity contribution in [2.24, 2.45) is 0 Å². The molecular weight excluding hydrogens is 393 g/mol. The second kappa shape index (κ2) is 10.7. The topological polar surface area (TPSA) is 46.6 Å². The minimum absolute atomic E-state index is 0.259. The highest BCUT2D eigenvalue weighted by Crippen LogP contribution is 2.24. The highest BCUT2D eigenvalue weighted by molar-refractivity contribution is 5.80. The summed E-state index contributed by atoms with van der Waals surface area (Å²) in [6.07, 6.45) is 1.08. The molecule has 164 valence electrons. The molecule has 2 aromatic carbocycles. The summed E-state index contributed by atoms with van der Waals surface area (Å²) in [6, 6.07) is 14.8. The number of hydrogen-bond donors (Lipinski definition) is 1. The van der Waals surface area contributed by atoms with Crippen LogP contribution in [0.15, 0.2) is 48.5 Å². The SMILES string of the molecule is Cc1ccc2nc(OCc3cccc(F)c3)c(CNCCCN3CCOCC3)cc2c1. The van der Waals surface area contributed by atoms with Crippen LogP contribution in [0, 0.1) is 12.7 Å². The zero-order valence-corrected chi connectivity index (χ0v) is 18.1. The average Bonchev–Trinajstić information content (AvgIpc) is 2.78. The van der Waals surface area contributed by atoms with Gasteiger partial charge in [0.05, 0.1) is 18.7 Å². The summed E-state index contributed by atoms with van der Waals surface area (Å²) in [6.45, 7) is 8.75. The van der Waals surface area contributed by atoms with E-state index >= 15 is 0 Å². The molecule has 0 bridgehead atoms. The Hall–Kier alpha value is -2.54. The van der Waals surface area contributed by atoms with Gasteiger partial charge in [-0.2, -0.15) is 0 Å². The number of nitrogens with zero attached hydrogens (tertiary/aromatic N) is 2. The van der Waals surface area contributed by atoms with Crippen LogP contribution in [0.25, 0.3) is 10.9 Å². The number of aromatic nitrogens is 1. The molecule has 1 aliphatic heterocycles. The lowest BCUT2D eigenvalue weighted by Gasteiger charge is -2.26. The summed E-state index contributed by atoms with van der Waals surface area (Å²) in [5, 5.41) is 4.63. The molecule has 3 aromatic rings. The summed E-state index contributed by atoms with van der Waals surface area (Å²) in [7, 11) is 0. The average molecular weight is 424 g/mol. The Morgan fingerprint density at radius 3 is 2.84 bits per heavy atom. The van der Waals surface area contributed by atoms with E-state index < -0.39 is 0 Å². The lowest BCUT2D eigenvalue weighted by molar-refractivity contribution is 0.0374. The third-order valence-electron chi connectivity index (χ3n) is 5.52. The van der Waals surface area contributed by atoms with Crippen molar-refractivity contribution in [3.8, 4) is 5.88 Å². The van der Waals surface area contributed by atoms with Crippen LogP contribution in [-0.4, -0.2) is 49.3 Å². The number of halogens is 1. The van der Waals surface area contributed by atoms with Gasteiger partial charge in [-0.3, -0.25) is 4.90 Å². The van der Waals surface area contributed by atoms with Gasteiger partial charge in [-0.15, -0.1) is 0 Å². The first-order chi connectivity index (χ1) is 15.2. The maximum absolute atomic E-state index is 13.5. The van der Waals surface area contributed by atoms with Crippen LogP contribution in [0.1, 0.15) is 23.1 Å². The molecule has 1 saturated heterocycles. The quantitative estimate of drug-likeness (QED) is 0.526. The van der Waals surface area contributed by atoms with Gasteiger partial charge in [0.15, 0.2) is 0 Å². The Morgan fingerprint density at radius 1 is 1.13 bits per heavy atom. The van der Waals surface area contributed by atoms with Crippen molar-refractivity contribution >= 4 is 10.9 Å². The smallest absolute Gasteiger partial charge is 0.218 e. The minimum atomic E-state index is -0.259. The molecule has 2 heterocycles. The molecule has 1 fully saturated rings. The van der Waals surface area contributed by atoms with Gasteiger partial charge in [0.2, 0.25) is 5.88 Å². The van der Waals surface area contributed by atoms with Crippen LogP contribution in [0.3, 0.4) is 0 Å². The van der Waals surface area contributed by atoms with Crippen LogP contribution in [0.5, 0.6) is 5.88 Å². The largest absolute Gasteiger partial charge is 0.473 e. The zero-order chi connectivity index (χ0) is 21.5. The fourth-order valence-corrected chi connectivity index (χ4v) is 3.83. The van der Waals surface area contributed by atoms with Crippen LogP contribution in [0.4, 0.5) is 4.39 Å². The van der Waals surface area contributed by atoms with Crippen LogP contribution in [0.2, 0.25) is 0 Å². The molecule has 6 heteroatoms. The van der Waals surface area contributed by atoms with Gasteiger partial charge >= 0.3 is 0 Å². The number of ether oxygens (including phenoxy) is 2. The van der Waals surface area contributed by atoms with Crippen LogP contribution in [-0.2, 0) is 17.9 Å². The van der Waals surface area contributed by atoms with Gasteiger partial charge in [-0.05, 0) is 62.3 Å². The van der Waals surface area contributed by atoms with E-state index in [0.29, 0.717) is 12.4 Å². The predicted octanol–water partition coefficient (Wildman–Crippen LogP) is 4.07. The number of rotatable bonds is 9. The lowest BCUT2D eigenvalue weighted by Crippen LogP contribution is -2.37. The standard InChI is InChI=1S/C25H30FN3O2/c1-19-6-7-24-21(14-19)16-22(17-27-8-3-9-29-10-12-30-13-11-29)25(28-24)31-18-20-4-2-5-23(26)15-20/h2,4-7,14-16,27H,3,8-13,17-18H2,1H3. The molecule has 1 aromatic heterocycles. The highest BCUT2D eigenvalue weighted by Gasteiger charge is 2.11. The molecule has 1 aliphatic rings. The Labute approximate surface area is 183 Å². The van der Waals surface area contributed by atoms with Gasteiger partial charge < -0.3 is 14.8 Å². The minimum Gasteiger partial charge on any atom is -0.473 e. The first-order valence-electron chi connectivity index (χ1n) is 11.0. The second-order valence-electron chi connectivity index (χ2n) is 8.05. The van der Waals surface area contributed by atoms with Crippen molar-refractivity contribution in [3.05, 3.63) is 71.0 Å². The number of nitrogens with one attached hydrogen (secondary N) is 1. The first-order valence-corrected chi connectivity index (χ1v) is 11.0. The summed E-state index contributed by atoms with van der Waals surface area (Å²) < 4.78 is 24.9. The normalized spacial score (nSPS) is 14.8.